The highest BCUT2D eigenvalue weighted by molar-refractivity contribution is 6.30. The van der Waals surface area contributed by atoms with Gasteiger partial charge in [0.1, 0.15) is 5.75 Å². The largest absolute Gasteiger partial charge is 0.493 e. The van der Waals surface area contributed by atoms with Crippen molar-refractivity contribution in [2.45, 2.75) is 39.2 Å². The maximum atomic E-state index is 11.9. The number of hydrazine groups is 1. The number of hydrogen-bond acceptors (Lipinski definition) is 5. The molecule has 8 nitrogen and oxygen atoms in total. The number of para-hydroxylation sites is 2. The number of nitrogens with one attached hydrogen (secondary N) is 2. The van der Waals surface area contributed by atoms with Gasteiger partial charge in [0.25, 0.3) is 0 Å². The first-order valence-electron chi connectivity index (χ1n) is 9.99. The van der Waals surface area contributed by atoms with Gasteiger partial charge in [0.15, 0.2) is 5.58 Å². The lowest BCUT2D eigenvalue weighted by molar-refractivity contribution is -0.129. The molecule has 0 bridgehead atoms. The van der Waals surface area contributed by atoms with E-state index in [4.69, 9.17) is 20.8 Å². The van der Waals surface area contributed by atoms with Gasteiger partial charge in [0.05, 0.1) is 12.1 Å². The van der Waals surface area contributed by atoms with Gasteiger partial charge < -0.3 is 9.15 Å². The van der Waals surface area contributed by atoms with E-state index in [1.807, 2.05) is 19.1 Å². The predicted octanol–water partition coefficient (Wildman–Crippen LogP) is 3.34. The van der Waals surface area contributed by atoms with Crippen LogP contribution in [0.15, 0.2) is 51.7 Å². The van der Waals surface area contributed by atoms with Crippen molar-refractivity contribution in [3.8, 4) is 5.75 Å². The summed E-state index contributed by atoms with van der Waals surface area (Å²) in [4.78, 5) is 35.7. The maximum Gasteiger partial charge on any atom is 0.419 e. The second-order valence-corrected chi connectivity index (χ2v) is 7.49. The van der Waals surface area contributed by atoms with Crippen molar-refractivity contribution in [2.75, 3.05) is 6.61 Å². The number of aromatic nitrogens is 1. The minimum absolute atomic E-state index is 0.158. The van der Waals surface area contributed by atoms with E-state index in [2.05, 4.69) is 10.9 Å². The summed E-state index contributed by atoms with van der Waals surface area (Å²) in [7, 11) is 0. The Morgan fingerprint density at radius 3 is 2.52 bits per heavy atom. The molecule has 0 unspecified atom stereocenters. The predicted molar refractivity (Wildman–Crippen MR) is 117 cm³/mol. The first kappa shape index (κ1) is 22.4. The average Bonchev–Trinajstić information content (AvgIpc) is 3.06. The summed E-state index contributed by atoms with van der Waals surface area (Å²) < 4.78 is 12.3. The van der Waals surface area contributed by atoms with Crippen molar-refractivity contribution in [1.29, 1.82) is 0 Å². The molecule has 9 heteroatoms. The zero-order valence-corrected chi connectivity index (χ0v) is 17.9. The van der Waals surface area contributed by atoms with Crippen molar-refractivity contribution in [1.82, 2.24) is 15.4 Å². The SMILES string of the molecule is Cc1cc(Cl)ccc1OCCCC(=O)NNC(=O)CCCn1c(=O)oc2ccccc21. The number of oxazole rings is 1. The molecule has 0 radical (unpaired) electrons. The summed E-state index contributed by atoms with van der Waals surface area (Å²) >= 11 is 5.91. The molecule has 31 heavy (non-hydrogen) atoms. The summed E-state index contributed by atoms with van der Waals surface area (Å²) in [6.07, 6.45) is 1.30. The molecule has 2 amide bonds. The molecule has 3 rings (SSSR count). The highest BCUT2D eigenvalue weighted by atomic mass is 35.5. The molecule has 2 aromatic carbocycles. The second kappa shape index (κ2) is 10.7. The van der Waals surface area contributed by atoms with Crippen LogP contribution in [0.25, 0.3) is 11.1 Å². The van der Waals surface area contributed by atoms with E-state index >= 15 is 0 Å². The van der Waals surface area contributed by atoms with E-state index in [0.29, 0.717) is 42.1 Å². The number of fused-ring (bicyclic) bond motifs is 1. The molecule has 0 fully saturated rings. The van der Waals surface area contributed by atoms with Crippen LogP contribution in [-0.4, -0.2) is 23.0 Å². The number of halogens is 1. The molecule has 1 heterocycles. The number of rotatable bonds is 9. The van der Waals surface area contributed by atoms with Gasteiger partial charge in [-0.3, -0.25) is 25.0 Å². The number of carbonyl (C=O) groups excluding carboxylic acids is 2. The Morgan fingerprint density at radius 2 is 1.77 bits per heavy atom. The van der Waals surface area contributed by atoms with E-state index in [-0.39, 0.29) is 24.7 Å². The van der Waals surface area contributed by atoms with Crippen LogP contribution in [0.5, 0.6) is 5.75 Å². The number of aryl methyl sites for hydroxylation is 2. The molecule has 0 spiro atoms. The lowest BCUT2D eigenvalue weighted by Crippen LogP contribution is -2.41. The first-order chi connectivity index (χ1) is 14.9. The van der Waals surface area contributed by atoms with Crippen molar-refractivity contribution in [3.63, 3.8) is 0 Å². The van der Waals surface area contributed by atoms with Gasteiger partial charge in [-0.2, -0.15) is 0 Å². The summed E-state index contributed by atoms with van der Waals surface area (Å²) in [5.74, 6) is -0.363. The molecule has 2 N–H and O–H groups in total. The number of ether oxygens (including phenoxy) is 1. The fraction of sp³-hybridized carbons (Fsp3) is 0.318. The molecule has 0 saturated carbocycles. The van der Waals surface area contributed by atoms with Crippen LogP contribution in [0.3, 0.4) is 0 Å². The number of carbonyl (C=O) groups is 2. The molecule has 0 saturated heterocycles. The third kappa shape index (κ3) is 6.36. The number of benzene rings is 2. The average molecular weight is 446 g/mol. The molecular weight excluding hydrogens is 422 g/mol. The van der Waals surface area contributed by atoms with Crippen LogP contribution in [0.4, 0.5) is 0 Å². The quantitative estimate of drug-likeness (QED) is 0.388. The number of nitrogens with zero attached hydrogens (tertiary/aromatic N) is 1. The number of amides is 2. The third-order valence-corrected chi connectivity index (χ3v) is 4.88. The zero-order valence-electron chi connectivity index (χ0n) is 17.2. The Hall–Kier alpha value is -3.26. The highest BCUT2D eigenvalue weighted by Gasteiger charge is 2.10. The summed E-state index contributed by atoms with van der Waals surface area (Å²) in [5.41, 5.74) is 6.90. The monoisotopic (exact) mass is 445 g/mol. The van der Waals surface area contributed by atoms with Crippen LogP contribution in [-0.2, 0) is 16.1 Å². The fourth-order valence-electron chi connectivity index (χ4n) is 3.08. The lowest BCUT2D eigenvalue weighted by Gasteiger charge is -2.10. The minimum Gasteiger partial charge on any atom is -0.493 e. The minimum atomic E-state index is -0.453. The van der Waals surface area contributed by atoms with Gasteiger partial charge in [0.2, 0.25) is 11.8 Å². The summed E-state index contributed by atoms with van der Waals surface area (Å²) in [6.45, 7) is 2.62. The van der Waals surface area contributed by atoms with Crippen LogP contribution in [0.2, 0.25) is 5.02 Å². The van der Waals surface area contributed by atoms with E-state index in [1.165, 1.54) is 4.57 Å². The third-order valence-electron chi connectivity index (χ3n) is 4.64. The van der Waals surface area contributed by atoms with Crippen LogP contribution in [0.1, 0.15) is 31.2 Å². The Balaban J connectivity index is 1.31. The van der Waals surface area contributed by atoms with Crippen molar-refractivity contribution >= 4 is 34.5 Å². The molecule has 3 aromatic rings. The molecule has 0 aliphatic carbocycles. The maximum absolute atomic E-state index is 11.9. The van der Waals surface area contributed by atoms with Crippen molar-refractivity contribution in [2.24, 2.45) is 0 Å². The second-order valence-electron chi connectivity index (χ2n) is 7.05. The normalized spacial score (nSPS) is 10.8. The smallest absolute Gasteiger partial charge is 0.419 e. The molecule has 0 atom stereocenters. The van der Waals surface area contributed by atoms with Crippen LogP contribution >= 0.6 is 11.6 Å². The van der Waals surface area contributed by atoms with Crippen LogP contribution in [0, 0.1) is 6.92 Å². The van der Waals surface area contributed by atoms with E-state index in [1.54, 1.807) is 30.3 Å². The van der Waals surface area contributed by atoms with Gasteiger partial charge in [-0.05, 0) is 55.7 Å². The van der Waals surface area contributed by atoms with Crippen molar-refractivity contribution in [3.05, 3.63) is 63.6 Å². The standard InChI is InChI=1S/C22H24ClN3O5/c1-15-14-16(23)10-11-18(15)30-13-5-9-21(28)25-24-20(27)8-4-12-26-17-6-2-3-7-19(17)31-22(26)29/h2-3,6-7,10-11,14H,4-5,8-9,12-13H2,1H3,(H,24,27)(H,25,28). The highest BCUT2D eigenvalue weighted by Crippen LogP contribution is 2.21. The summed E-state index contributed by atoms with van der Waals surface area (Å²) in [6, 6.07) is 12.5. The first-order valence-corrected chi connectivity index (χ1v) is 10.4. The summed E-state index contributed by atoms with van der Waals surface area (Å²) in [5, 5.41) is 0.644. The topological polar surface area (TPSA) is 103 Å². The molecular formula is C22H24ClN3O5. The molecule has 0 aliphatic rings. The van der Waals surface area contributed by atoms with Gasteiger partial charge in [-0.1, -0.05) is 23.7 Å². The van der Waals surface area contributed by atoms with E-state index in [0.717, 1.165) is 11.3 Å². The molecule has 0 aliphatic heterocycles. The Kier molecular flexibility index (Phi) is 7.72. The lowest BCUT2D eigenvalue weighted by atomic mass is 10.2. The Morgan fingerprint density at radius 1 is 1.06 bits per heavy atom. The van der Waals surface area contributed by atoms with E-state index < -0.39 is 5.76 Å². The van der Waals surface area contributed by atoms with Crippen LogP contribution < -0.4 is 21.3 Å². The fourth-order valence-corrected chi connectivity index (χ4v) is 3.30. The molecule has 164 valence electrons. The Labute approximate surface area is 184 Å². The van der Waals surface area contributed by atoms with Gasteiger partial charge in [-0.15, -0.1) is 0 Å². The van der Waals surface area contributed by atoms with Crippen molar-refractivity contribution < 1.29 is 18.7 Å². The zero-order chi connectivity index (χ0) is 22.2. The van der Waals surface area contributed by atoms with E-state index in [9.17, 15) is 14.4 Å². The van der Waals surface area contributed by atoms with Gasteiger partial charge in [0, 0.05) is 24.4 Å². The van der Waals surface area contributed by atoms with Gasteiger partial charge in [-0.25, -0.2) is 4.79 Å². The Bertz CT molecular complexity index is 1120. The molecule has 1 aromatic heterocycles. The number of hydrogen-bond donors (Lipinski definition) is 2. The van der Waals surface area contributed by atoms with Gasteiger partial charge >= 0.3 is 5.76 Å².